The van der Waals surface area contributed by atoms with Crippen LogP contribution in [0.1, 0.15) is 12.5 Å². The van der Waals surface area contributed by atoms with Crippen LogP contribution in [0.3, 0.4) is 0 Å². The minimum absolute atomic E-state index is 0.302. The summed E-state index contributed by atoms with van der Waals surface area (Å²) in [6, 6.07) is 8.80. The Morgan fingerprint density at radius 3 is 2.53 bits per heavy atom. The summed E-state index contributed by atoms with van der Waals surface area (Å²) >= 11 is 1.45. The molecular formula is C12H14NO3S-. The van der Waals surface area contributed by atoms with Crippen LogP contribution in [-0.4, -0.2) is 23.7 Å². The number of rotatable bonds is 6. The maximum absolute atomic E-state index is 10.8. The number of hydrogen-bond donors (Lipinski definition) is 1. The summed E-state index contributed by atoms with van der Waals surface area (Å²) in [5.74, 6) is -0.596. The molecule has 17 heavy (non-hydrogen) atoms. The van der Waals surface area contributed by atoms with Crippen LogP contribution in [0.2, 0.25) is 0 Å². The van der Waals surface area contributed by atoms with Gasteiger partial charge in [0.25, 0.3) is 0 Å². The molecule has 0 fully saturated rings. The van der Waals surface area contributed by atoms with Gasteiger partial charge in [-0.2, -0.15) is 11.8 Å². The molecule has 4 nitrogen and oxygen atoms in total. The van der Waals surface area contributed by atoms with Crippen molar-refractivity contribution in [1.29, 1.82) is 0 Å². The molecule has 0 aromatic heterocycles. The topological polar surface area (TPSA) is 69.2 Å². The molecule has 0 aliphatic rings. The smallest absolute Gasteiger partial charge is 0.217 e. The summed E-state index contributed by atoms with van der Waals surface area (Å²) in [6.07, 6.45) is 0. The molecule has 1 amide bonds. The first kappa shape index (κ1) is 13.6. The molecule has 1 aromatic carbocycles. The second kappa shape index (κ2) is 6.96. The van der Waals surface area contributed by atoms with Gasteiger partial charge in [-0.3, -0.25) is 4.79 Å². The Hall–Kier alpha value is -1.49. The van der Waals surface area contributed by atoms with Gasteiger partial charge < -0.3 is 15.2 Å². The maximum Gasteiger partial charge on any atom is 0.217 e. The van der Waals surface area contributed by atoms with Crippen molar-refractivity contribution in [3.05, 3.63) is 35.9 Å². The van der Waals surface area contributed by atoms with Crippen LogP contribution in [0, 0.1) is 0 Å². The summed E-state index contributed by atoms with van der Waals surface area (Å²) in [5, 5.41) is 13.1. The predicted molar refractivity (Wildman–Crippen MR) is 65.2 cm³/mol. The number of benzene rings is 1. The maximum atomic E-state index is 10.8. The minimum Gasteiger partial charge on any atom is -0.548 e. The highest BCUT2D eigenvalue weighted by Crippen LogP contribution is 2.12. The molecule has 0 spiro atoms. The van der Waals surface area contributed by atoms with Crippen molar-refractivity contribution in [3.63, 3.8) is 0 Å². The lowest BCUT2D eigenvalue weighted by Gasteiger charge is -2.18. The standard InChI is InChI=1S/C12H15NO3S/c1-9(14)13-11(12(15)16)8-17-7-10-5-3-2-4-6-10/h2-6,11H,7-8H2,1H3,(H,13,14)(H,15,16)/p-1. The van der Waals surface area contributed by atoms with E-state index < -0.39 is 12.0 Å². The molecule has 1 rings (SSSR count). The Bertz CT molecular complexity index is 381. The van der Waals surface area contributed by atoms with Crippen LogP contribution in [0.5, 0.6) is 0 Å². The van der Waals surface area contributed by atoms with Crippen molar-refractivity contribution in [2.45, 2.75) is 18.7 Å². The SMILES string of the molecule is CC(=O)NC(CSCc1ccccc1)C(=O)[O-]. The van der Waals surface area contributed by atoms with E-state index in [9.17, 15) is 14.7 Å². The summed E-state index contributed by atoms with van der Waals surface area (Å²) in [5.41, 5.74) is 1.12. The molecule has 0 aliphatic carbocycles. The van der Waals surface area contributed by atoms with Gasteiger partial charge in [-0.25, -0.2) is 0 Å². The van der Waals surface area contributed by atoms with Crippen molar-refractivity contribution in [3.8, 4) is 0 Å². The van der Waals surface area contributed by atoms with E-state index in [0.29, 0.717) is 11.5 Å². The van der Waals surface area contributed by atoms with E-state index in [-0.39, 0.29) is 5.91 Å². The second-order valence-electron chi connectivity index (χ2n) is 3.57. The average molecular weight is 252 g/mol. The minimum atomic E-state index is -1.25. The van der Waals surface area contributed by atoms with Gasteiger partial charge in [0.15, 0.2) is 0 Å². The zero-order chi connectivity index (χ0) is 12.7. The molecule has 1 unspecified atom stereocenters. The van der Waals surface area contributed by atoms with Crippen LogP contribution >= 0.6 is 11.8 Å². The number of aliphatic carboxylic acids is 1. The van der Waals surface area contributed by atoms with E-state index >= 15 is 0 Å². The lowest BCUT2D eigenvalue weighted by Crippen LogP contribution is -2.48. The lowest BCUT2D eigenvalue weighted by atomic mass is 10.2. The predicted octanol–water partition coefficient (Wildman–Crippen LogP) is 0.174. The van der Waals surface area contributed by atoms with Crippen molar-refractivity contribution < 1.29 is 14.7 Å². The fourth-order valence-corrected chi connectivity index (χ4v) is 2.28. The van der Waals surface area contributed by atoms with Gasteiger partial charge in [-0.05, 0) is 5.56 Å². The van der Waals surface area contributed by atoms with Gasteiger partial charge in [-0.1, -0.05) is 30.3 Å². The van der Waals surface area contributed by atoms with Gasteiger partial charge >= 0.3 is 0 Å². The van der Waals surface area contributed by atoms with Crippen LogP contribution in [0.4, 0.5) is 0 Å². The molecular weight excluding hydrogens is 238 g/mol. The highest BCUT2D eigenvalue weighted by atomic mass is 32.2. The van der Waals surface area contributed by atoms with Crippen molar-refractivity contribution in [1.82, 2.24) is 5.32 Å². The summed E-state index contributed by atoms with van der Waals surface area (Å²) in [6.45, 7) is 1.29. The van der Waals surface area contributed by atoms with E-state index in [1.807, 2.05) is 30.3 Å². The van der Waals surface area contributed by atoms with Gasteiger partial charge in [0.05, 0.1) is 12.0 Å². The fraction of sp³-hybridized carbons (Fsp3) is 0.333. The number of carbonyl (C=O) groups excluding carboxylic acids is 2. The lowest BCUT2D eigenvalue weighted by molar-refractivity contribution is -0.307. The van der Waals surface area contributed by atoms with E-state index in [4.69, 9.17) is 0 Å². The summed E-state index contributed by atoms with van der Waals surface area (Å²) < 4.78 is 0. The average Bonchev–Trinajstić information content (AvgIpc) is 2.28. The van der Waals surface area contributed by atoms with Crippen LogP contribution in [-0.2, 0) is 15.3 Å². The third-order valence-electron chi connectivity index (χ3n) is 2.06. The number of carboxylic acids is 1. The van der Waals surface area contributed by atoms with Gasteiger partial charge in [0, 0.05) is 18.4 Å². The summed E-state index contributed by atoms with van der Waals surface area (Å²) in [7, 11) is 0. The van der Waals surface area contributed by atoms with Crippen LogP contribution < -0.4 is 10.4 Å². The van der Waals surface area contributed by atoms with E-state index in [0.717, 1.165) is 5.56 Å². The molecule has 0 aliphatic heterocycles. The number of carboxylic acid groups (broad SMARTS) is 1. The van der Waals surface area contributed by atoms with Gasteiger partial charge in [0.2, 0.25) is 5.91 Å². The molecule has 0 saturated carbocycles. The molecule has 5 heteroatoms. The Morgan fingerprint density at radius 1 is 1.35 bits per heavy atom. The highest BCUT2D eigenvalue weighted by Gasteiger charge is 2.10. The Kier molecular flexibility index (Phi) is 5.56. The molecule has 0 bridgehead atoms. The fourth-order valence-electron chi connectivity index (χ4n) is 1.28. The van der Waals surface area contributed by atoms with E-state index in [1.165, 1.54) is 18.7 Å². The van der Waals surface area contributed by atoms with Gasteiger partial charge in [0.1, 0.15) is 0 Å². The molecule has 0 radical (unpaired) electrons. The first-order valence-corrected chi connectivity index (χ1v) is 6.34. The van der Waals surface area contributed by atoms with Crippen molar-refractivity contribution in [2.24, 2.45) is 0 Å². The number of carbonyl (C=O) groups is 2. The second-order valence-corrected chi connectivity index (χ2v) is 4.60. The third kappa shape index (κ3) is 5.40. The van der Waals surface area contributed by atoms with Crippen molar-refractivity contribution in [2.75, 3.05) is 5.75 Å². The molecule has 1 N–H and O–H groups in total. The normalized spacial score (nSPS) is 11.8. The number of thioether (sulfide) groups is 1. The molecule has 1 atom stereocenters. The van der Waals surface area contributed by atoms with Crippen LogP contribution in [0.25, 0.3) is 0 Å². The molecule has 92 valence electrons. The number of amides is 1. The Balaban J connectivity index is 2.37. The van der Waals surface area contributed by atoms with E-state index in [2.05, 4.69) is 5.32 Å². The number of nitrogens with one attached hydrogen (secondary N) is 1. The first-order chi connectivity index (χ1) is 8.09. The Morgan fingerprint density at radius 2 is 2.00 bits per heavy atom. The zero-order valence-electron chi connectivity index (χ0n) is 9.51. The quantitative estimate of drug-likeness (QED) is 0.784. The largest absolute Gasteiger partial charge is 0.548 e. The number of hydrogen-bond acceptors (Lipinski definition) is 4. The molecule has 1 aromatic rings. The zero-order valence-corrected chi connectivity index (χ0v) is 10.3. The molecule has 0 heterocycles. The monoisotopic (exact) mass is 252 g/mol. The Labute approximate surface area is 104 Å². The van der Waals surface area contributed by atoms with Gasteiger partial charge in [-0.15, -0.1) is 0 Å². The third-order valence-corrected chi connectivity index (χ3v) is 3.16. The first-order valence-electron chi connectivity index (χ1n) is 5.19. The summed E-state index contributed by atoms with van der Waals surface area (Å²) in [4.78, 5) is 21.5. The van der Waals surface area contributed by atoms with Crippen LogP contribution in [0.15, 0.2) is 30.3 Å². The highest BCUT2D eigenvalue weighted by molar-refractivity contribution is 7.98. The van der Waals surface area contributed by atoms with Crippen molar-refractivity contribution >= 4 is 23.6 Å². The molecule has 0 saturated heterocycles. The van der Waals surface area contributed by atoms with E-state index in [1.54, 1.807) is 0 Å².